The van der Waals surface area contributed by atoms with E-state index in [9.17, 15) is 4.79 Å². The fraction of sp³-hybridized carbons (Fsp3) is 0.394. The first-order valence-corrected chi connectivity index (χ1v) is 14.4. The van der Waals surface area contributed by atoms with Crippen molar-refractivity contribution in [3.63, 3.8) is 0 Å². The summed E-state index contributed by atoms with van der Waals surface area (Å²) in [4.78, 5) is 19.8. The number of para-hydroxylation sites is 1. The lowest BCUT2D eigenvalue weighted by Gasteiger charge is -2.34. The number of nitrogens with zero attached hydrogens (tertiary/aromatic N) is 3. The second-order valence-electron chi connectivity index (χ2n) is 10.9. The standard InChI is InChI=1S/C33H41N5O2/c1-35-32-15-14-27(22-36-32)25-12-10-24(11-13-25)19-29(34)21-33(39)37-16-5-8-28(23-37)31-20-26-7-3-4-9-30(26)38(31)17-6-18-40-2/h3-4,7,9-15,20,22,28-29H,5-6,8,16-19,21,23,34H2,1-2H3,(H,35,36). The van der Waals surface area contributed by atoms with E-state index in [4.69, 9.17) is 10.5 Å². The Morgan fingerprint density at radius 1 is 1.12 bits per heavy atom. The molecule has 7 heteroatoms. The molecule has 0 bridgehead atoms. The molecule has 3 heterocycles. The van der Waals surface area contributed by atoms with E-state index >= 15 is 0 Å². The maximum Gasteiger partial charge on any atom is 0.224 e. The Morgan fingerprint density at radius 2 is 1.93 bits per heavy atom. The van der Waals surface area contributed by atoms with Crippen LogP contribution in [0.2, 0.25) is 0 Å². The number of carbonyl (C=O) groups excluding carboxylic acids is 1. The lowest BCUT2D eigenvalue weighted by Crippen LogP contribution is -2.42. The summed E-state index contributed by atoms with van der Waals surface area (Å²) >= 11 is 0. The number of anilines is 1. The second-order valence-corrected chi connectivity index (χ2v) is 10.9. The summed E-state index contributed by atoms with van der Waals surface area (Å²) in [5, 5.41) is 4.30. The summed E-state index contributed by atoms with van der Waals surface area (Å²) in [5.41, 5.74) is 12.4. The second kappa shape index (κ2) is 13.1. The molecule has 0 aliphatic carbocycles. The molecule has 5 rings (SSSR count). The Morgan fingerprint density at radius 3 is 2.67 bits per heavy atom. The Hall–Kier alpha value is -3.68. The van der Waals surface area contributed by atoms with Gasteiger partial charge in [-0.05, 0) is 66.5 Å². The molecule has 40 heavy (non-hydrogen) atoms. The quantitative estimate of drug-likeness (QED) is 0.248. The number of methoxy groups -OCH3 is 1. The fourth-order valence-corrected chi connectivity index (χ4v) is 5.91. The number of hydrogen-bond donors (Lipinski definition) is 2. The fourth-order valence-electron chi connectivity index (χ4n) is 5.91. The molecule has 2 atom stereocenters. The molecule has 210 valence electrons. The van der Waals surface area contributed by atoms with Crippen molar-refractivity contribution >= 4 is 22.6 Å². The molecule has 2 aromatic carbocycles. The maximum atomic E-state index is 13.3. The Balaban J connectivity index is 1.20. The number of ether oxygens (including phenoxy) is 1. The van der Waals surface area contributed by atoms with Gasteiger partial charge in [0.15, 0.2) is 0 Å². The van der Waals surface area contributed by atoms with Gasteiger partial charge in [0, 0.05) is 81.8 Å². The summed E-state index contributed by atoms with van der Waals surface area (Å²) < 4.78 is 7.75. The number of hydrogen-bond acceptors (Lipinski definition) is 5. The van der Waals surface area contributed by atoms with Gasteiger partial charge in [-0.3, -0.25) is 4.79 Å². The molecule has 1 amide bonds. The molecule has 0 spiro atoms. The van der Waals surface area contributed by atoms with E-state index in [1.165, 1.54) is 16.6 Å². The van der Waals surface area contributed by atoms with Crippen LogP contribution >= 0.6 is 0 Å². The zero-order valence-electron chi connectivity index (χ0n) is 23.7. The molecule has 4 aromatic rings. The van der Waals surface area contributed by atoms with E-state index in [2.05, 4.69) is 75.5 Å². The van der Waals surface area contributed by atoms with Crippen molar-refractivity contribution in [1.82, 2.24) is 14.5 Å². The number of piperidine rings is 1. The highest BCUT2D eigenvalue weighted by molar-refractivity contribution is 5.82. The highest BCUT2D eigenvalue weighted by Gasteiger charge is 2.28. The molecule has 2 unspecified atom stereocenters. The number of pyridine rings is 1. The highest BCUT2D eigenvalue weighted by Crippen LogP contribution is 2.32. The van der Waals surface area contributed by atoms with Crippen LogP contribution in [0.25, 0.3) is 22.0 Å². The number of likely N-dealkylation sites (tertiary alicyclic amines) is 1. The third-order valence-electron chi connectivity index (χ3n) is 8.01. The first-order valence-electron chi connectivity index (χ1n) is 14.4. The minimum atomic E-state index is -0.212. The molecule has 1 aliphatic rings. The molecular weight excluding hydrogens is 498 g/mol. The predicted molar refractivity (Wildman–Crippen MR) is 163 cm³/mol. The molecule has 3 N–H and O–H groups in total. The van der Waals surface area contributed by atoms with Crippen LogP contribution in [-0.4, -0.2) is 60.3 Å². The number of carbonyl (C=O) groups is 1. The SMILES string of the molecule is CNc1ccc(-c2ccc(CC(N)CC(=O)N3CCCC(c4cc5ccccc5n4CCCOC)C3)cc2)cn1. The van der Waals surface area contributed by atoms with Gasteiger partial charge < -0.3 is 25.3 Å². The van der Waals surface area contributed by atoms with E-state index in [0.29, 0.717) is 18.8 Å². The normalized spacial score (nSPS) is 16.3. The zero-order valence-corrected chi connectivity index (χ0v) is 23.7. The van der Waals surface area contributed by atoms with Gasteiger partial charge in [0.25, 0.3) is 0 Å². The number of aryl methyl sites for hydroxylation is 1. The number of amides is 1. The van der Waals surface area contributed by atoms with Crippen LogP contribution < -0.4 is 11.1 Å². The van der Waals surface area contributed by atoms with Crippen LogP contribution in [-0.2, 0) is 22.5 Å². The number of benzene rings is 2. The lowest BCUT2D eigenvalue weighted by atomic mass is 9.93. The minimum absolute atomic E-state index is 0.159. The van der Waals surface area contributed by atoms with E-state index < -0.39 is 0 Å². The Kier molecular flexibility index (Phi) is 9.14. The Labute approximate surface area is 237 Å². The van der Waals surface area contributed by atoms with Crippen molar-refractivity contribution in [2.75, 3.05) is 39.2 Å². The van der Waals surface area contributed by atoms with Crippen molar-refractivity contribution in [3.05, 3.63) is 84.2 Å². The zero-order chi connectivity index (χ0) is 27.9. The summed E-state index contributed by atoms with van der Waals surface area (Å²) in [6.45, 7) is 3.22. The van der Waals surface area contributed by atoms with E-state index in [0.717, 1.165) is 68.0 Å². The van der Waals surface area contributed by atoms with Crippen molar-refractivity contribution in [2.45, 2.75) is 50.6 Å². The summed E-state index contributed by atoms with van der Waals surface area (Å²) in [6, 6.07) is 23.1. The number of rotatable bonds is 11. The predicted octanol–water partition coefficient (Wildman–Crippen LogP) is 5.45. The third kappa shape index (κ3) is 6.54. The number of fused-ring (bicyclic) bond motifs is 1. The third-order valence-corrected chi connectivity index (χ3v) is 8.01. The van der Waals surface area contributed by atoms with Crippen LogP contribution in [0.5, 0.6) is 0 Å². The molecule has 1 fully saturated rings. The average molecular weight is 540 g/mol. The molecule has 0 radical (unpaired) electrons. The highest BCUT2D eigenvalue weighted by atomic mass is 16.5. The molecule has 7 nitrogen and oxygen atoms in total. The Bertz CT molecular complexity index is 1400. The van der Waals surface area contributed by atoms with E-state index in [1.54, 1.807) is 7.11 Å². The number of aromatic nitrogens is 2. The van der Waals surface area contributed by atoms with Gasteiger partial charge in [0.2, 0.25) is 5.91 Å². The molecule has 1 aliphatic heterocycles. The molecule has 1 saturated heterocycles. The molecular formula is C33H41N5O2. The van der Waals surface area contributed by atoms with Crippen LogP contribution in [0.15, 0.2) is 72.9 Å². The van der Waals surface area contributed by atoms with Crippen LogP contribution in [0.3, 0.4) is 0 Å². The summed E-state index contributed by atoms with van der Waals surface area (Å²) in [5.74, 6) is 1.33. The maximum absolute atomic E-state index is 13.3. The first kappa shape index (κ1) is 27.9. The topological polar surface area (TPSA) is 85.4 Å². The van der Waals surface area contributed by atoms with Gasteiger partial charge in [-0.15, -0.1) is 0 Å². The lowest BCUT2D eigenvalue weighted by molar-refractivity contribution is -0.132. The number of nitrogens with two attached hydrogens (primary N) is 1. The van der Waals surface area contributed by atoms with Gasteiger partial charge >= 0.3 is 0 Å². The van der Waals surface area contributed by atoms with Crippen molar-refractivity contribution in [1.29, 1.82) is 0 Å². The smallest absolute Gasteiger partial charge is 0.224 e. The van der Waals surface area contributed by atoms with Crippen LogP contribution in [0.4, 0.5) is 5.82 Å². The van der Waals surface area contributed by atoms with Gasteiger partial charge in [-0.2, -0.15) is 0 Å². The van der Waals surface area contributed by atoms with Crippen molar-refractivity contribution in [3.8, 4) is 11.1 Å². The molecule has 0 saturated carbocycles. The largest absolute Gasteiger partial charge is 0.385 e. The van der Waals surface area contributed by atoms with Crippen LogP contribution in [0, 0.1) is 0 Å². The van der Waals surface area contributed by atoms with Crippen molar-refractivity contribution in [2.24, 2.45) is 5.73 Å². The molecule has 2 aromatic heterocycles. The van der Waals surface area contributed by atoms with Gasteiger partial charge in [0.1, 0.15) is 5.82 Å². The van der Waals surface area contributed by atoms with E-state index in [1.807, 2.05) is 24.2 Å². The van der Waals surface area contributed by atoms with Gasteiger partial charge in [-0.25, -0.2) is 4.98 Å². The summed E-state index contributed by atoms with van der Waals surface area (Å²) in [6.07, 6.45) is 5.98. The van der Waals surface area contributed by atoms with E-state index in [-0.39, 0.29) is 11.9 Å². The minimum Gasteiger partial charge on any atom is -0.385 e. The average Bonchev–Trinajstić information content (AvgIpc) is 3.36. The number of nitrogens with one attached hydrogen (secondary N) is 1. The first-order chi connectivity index (χ1) is 19.6. The van der Waals surface area contributed by atoms with Gasteiger partial charge in [-0.1, -0.05) is 42.5 Å². The van der Waals surface area contributed by atoms with Crippen molar-refractivity contribution < 1.29 is 9.53 Å². The van der Waals surface area contributed by atoms with Gasteiger partial charge in [0.05, 0.1) is 0 Å². The summed E-state index contributed by atoms with van der Waals surface area (Å²) in [7, 11) is 3.61. The monoisotopic (exact) mass is 539 g/mol. The van der Waals surface area contributed by atoms with Crippen LogP contribution in [0.1, 0.15) is 42.9 Å².